The quantitative estimate of drug-likeness (QED) is 0.180. The molecule has 2 aromatic rings. The zero-order valence-electron chi connectivity index (χ0n) is 20.4. The Balaban J connectivity index is 0.000000328. The van der Waals surface area contributed by atoms with Gasteiger partial charge >= 0.3 is 17.9 Å². The number of carbonyl (C=O) groups excluding carboxylic acids is 3. The van der Waals surface area contributed by atoms with E-state index in [9.17, 15) is 19.2 Å². The van der Waals surface area contributed by atoms with Crippen molar-refractivity contribution in [3.63, 3.8) is 0 Å². The van der Waals surface area contributed by atoms with Crippen molar-refractivity contribution in [1.29, 1.82) is 0 Å². The second kappa shape index (κ2) is 14.7. The first-order valence-corrected chi connectivity index (χ1v) is 13.0. The molecule has 1 heterocycles. The van der Waals surface area contributed by atoms with Crippen LogP contribution in [-0.4, -0.2) is 47.0 Å². The third kappa shape index (κ3) is 8.49. The molecule has 35 heavy (non-hydrogen) atoms. The minimum absolute atomic E-state index is 0.0880. The van der Waals surface area contributed by atoms with Crippen molar-refractivity contribution in [2.45, 2.75) is 71.6 Å². The van der Waals surface area contributed by atoms with E-state index in [4.69, 9.17) is 14.6 Å². The highest BCUT2D eigenvalue weighted by atomic mass is 79.9. The first kappa shape index (κ1) is 28.6. The topological polar surface area (TPSA) is 123 Å². The number of fused-ring (bicyclic) bond motifs is 1. The van der Waals surface area contributed by atoms with Gasteiger partial charge < -0.3 is 19.6 Å². The number of nitrogens with one attached hydrogen (secondary N) is 1. The highest BCUT2D eigenvalue weighted by molar-refractivity contribution is 9.10. The van der Waals surface area contributed by atoms with E-state index in [2.05, 4.69) is 20.9 Å². The van der Waals surface area contributed by atoms with Crippen LogP contribution in [0.5, 0.6) is 0 Å². The summed E-state index contributed by atoms with van der Waals surface area (Å²) in [5.74, 6) is -2.27. The number of Topliss-reactive ketones (excluding diaryl/α,β-unsaturated/α-hetero) is 1. The van der Waals surface area contributed by atoms with Crippen molar-refractivity contribution in [3.05, 3.63) is 33.9 Å². The molecule has 1 aromatic carbocycles. The number of aliphatic carboxylic acids is 1. The van der Waals surface area contributed by atoms with Gasteiger partial charge in [0.05, 0.1) is 18.7 Å². The number of unbranched alkanes of at least 4 members (excludes halogenated alkanes) is 1. The molecule has 0 amide bonds. The van der Waals surface area contributed by atoms with Crippen molar-refractivity contribution in [2.75, 3.05) is 13.2 Å². The number of carboxylic acids is 1. The van der Waals surface area contributed by atoms with Crippen LogP contribution in [0.25, 0.3) is 10.9 Å². The molecule has 192 valence electrons. The summed E-state index contributed by atoms with van der Waals surface area (Å²) in [6.07, 6.45) is 6.34. The molecule has 1 saturated carbocycles. The highest BCUT2D eigenvalue weighted by Crippen LogP contribution is 2.30. The molecule has 1 fully saturated rings. The SMILES string of the molecule is CCOC(=O)CCCCc1c(C(=O)OCC)[nH]c2c(Br)cccc12.O=C(O)C1CCCCCC1=O. The molecule has 3 rings (SSSR count). The van der Waals surface area contributed by atoms with Crippen molar-refractivity contribution < 1.29 is 33.8 Å². The van der Waals surface area contributed by atoms with Crippen LogP contribution in [0.15, 0.2) is 22.7 Å². The number of aromatic amines is 1. The molecule has 0 aliphatic heterocycles. The Morgan fingerprint density at radius 3 is 2.51 bits per heavy atom. The largest absolute Gasteiger partial charge is 0.481 e. The number of H-pyrrole nitrogens is 1. The number of aromatic nitrogens is 1. The maximum Gasteiger partial charge on any atom is 0.355 e. The number of halogens is 1. The van der Waals surface area contributed by atoms with Gasteiger partial charge in [0.1, 0.15) is 17.4 Å². The molecule has 9 heteroatoms. The van der Waals surface area contributed by atoms with Gasteiger partial charge in [-0.2, -0.15) is 0 Å². The standard InChI is InChI=1S/C18H22BrNO4.C8H12O3/c1-3-23-15(21)11-6-5-8-13-12-9-7-10-14(19)16(12)20-17(13)18(22)24-4-2;9-7-5-3-1-2-4-6(7)8(10)11/h7,9-10,20H,3-6,8,11H2,1-2H3;6H,1-5H2,(H,10,11). The molecule has 0 radical (unpaired) electrons. The Morgan fingerprint density at radius 2 is 1.83 bits per heavy atom. The Kier molecular flexibility index (Phi) is 12.0. The van der Waals surface area contributed by atoms with E-state index in [-0.39, 0.29) is 17.7 Å². The summed E-state index contributed by atoms with van der Waals surface area (Å²) in [6.45, 7) is 4.32. The second-order valence-corrected chi connectivity index (χ2v) is 9.18. The minimum atomic E-state index is -0.947. The molecular weight excluding hydrogens is 518 g/mol. The summed E-state index contributed by atoms with van der Waals surface area (Å²) in [6, 6.07) is 5.86. The van der Waals surface area contributed by atoms with Gasteiger partial charge in [0.15, 0.2) is 0 Å². The van der Waals surface area contributed by atoms with E-state index in [1.54, 1.807) is 13.8 Å². The number of ketones is 1. The van der Waals surface area contributed by atoms with Gasteiger partial charge in [-0.3, -0.25) is 14.4 Å². The third-order valence-electron chi connectivity index (χ3n) is 5.84. The number of esters is 2. The lowest BCUT2D eigenvalue weighted by molar-refractivity contribution is -0.146. The Hall–Kier alpha value is -2.68. The summed E-state index contributed by atoms with van der Waals surface area (Å²) in [4.78, 5) is 48.4. The van der Waals surface area contributed by atoms with E-state index in [1.165, 1.54) is 0 Å². The van der Waals surface area contributed by atoms with Crippen molar-refractivity contribution in [3.8, 4) is 0 Å². The fourth-order valence-corrected chi connectivity index (χ4v) is 4.57. The normalized spacial score (nSPS) is 15.6. The van der Waals surface area contributed by atoms with Gasteiger partial charge in [-0.15, -0.1) is 0 Å². The van der Waals surface area contributed by atoms with Crippen LogP contribution in [0.3, 0.4) is 0 Å². The van der Waals surface area contributed by atoms with E-state index >= 15 is 0 Å². The van der Waals surface area contributed by atoms with E-state index in [0.717, 1.165) is 53.0 Å². The molecule has 2 N–H and O–H groups in total. The predicted octanol–water partition coefficient (Wildman–Crippen LogP) is 5.60. The number of hydrogen-bond donors (Lipinski definition) is 2. The van der Waals surface area contributed by atoms with Gasteiger partial charge in [-0.1, -0.05) is 25.0 Å². The Labute approximate surface area is 213 Å². The summed E-state index contributed by atoms with van der Waals surface area (Å²) in [5, 5.41) is 9.62. The molecule has 1 aliphatic carbocycles. The molecule has 1 atom stereocenters. The Morgan fingerprint density at radius 1 is 1.09 bits per heavy atom. The second-order valence-electron chi connectivity index (χ2n) is 8.33. The molecule has 8 nitrogen and oxygen atoms in total. The monoisotopic (exact) mass is 551 g/mol. The van der Waals surface area contributed by atoms with Crippen LogP contribution in [0.1, 0.15) is 81.3 Å². The summed E-state index contributed by atoms with van der Waals surface area (Å²) in [5.41, 5.74) is 2.32. The molecule has 1 unspecified atom stereocenters. The van der Waals surface area contributed by atoms with Crippen LogP contribution in [-0.2, 0) is 30.3 Å². The summed E-state index contributed by atoms with van der Waals surface area (Å²) >= 11 is 3.51. The van der Waals surface area contributed by atoms with Crippen molar-refractivity contribution in [2.24, 2.45) is 5.92 Å². The maximum atomic E-state index is 12.2. The molecular formula is C26H34BrNO7. The minimum Gasteiger partial charge on any atom is -0.481 e. The zero-order chi connectivity index (χ0) is 25.8. The molecule has 0 spiro atoms. The lowest BCUT2D eigenvalue weighted by Gasteiger charge is -2.05. The average Bonchev–Trinajstić information content (AvgIpc) is 3.05. The predicted molar refractivity (Wildman–Crippen MR) is 135 cm³/mol. The molecule has 0 saturated heterocycles. The van der Waals surface area contributed by atoms with Gasteiger partial charge in [-0.25, -0.2) is 4.79 Å². The fourth-order valence-electron chi connectivity index (χ4n) is 4.10. The molecule has 1 aliphatic rings. The maximum absolute atomic E-state index is 12.2. The van der Waals surface area contributed by atoms with Crippen molar-refractivity contribution >= 4 is 50.5 Å². The van der Waals surface area contributed by atoms with Gasteiger partial charge in [0.25, 0.3) is 0 Å². The van der Waals surface area contributed by atoms with Crippen LogP contribution in [0.4, 0.5) is 0 Å². The number of ether oxygens (including phenoxy) is 2. The lowest BCUT2D eigenvalue weighted by Crippen LogP contribution is -2.21. The van der Waals surface area contributed by atoms with E-state index < -0.39 is 11.9 Å². The van der Waals surface area contributed by atoms with E-state index in [0.29, 0.717) is 44.6 Å². The van der Waals surface area contributed by atoms with Gasteiger partial charge in [0, 0.05) is 22.7 Å². The van der Waals surface area contributed by atoms with Gasteiger partial charge in [-0.05, 0) is 73.5 Å². The number of hydrogen-bond acceptors (Lipinski definition) is 6. The Bertz CT molecular complexity index is 1030. The van der Waals surface area contributed by atoms with Gasteiger partial charge in [0.2, 0.25) is 0 Å². The zero-order valence-corrected chi connectivity index (χ0v) is 21.9. The van der Waals surface area contributed by atoms with Crippen molar-refractivity contribution in [1.82, 2.24) is 4.98 Å². The number of rotatable bonds is 9. The fraction of sp³-hybridized carbons (Fsp3) is 0.538. The molecule has 1 aromatic heterocycles. The number of para-hydroxylation sites is 1. The number of aryl methyl sites for hydroxylation is 1. The number of benzene rings is 1. The third-order valence-corrected chi connectivity index (χ3v) is 6.50. The lowest BCUT2D eigenvalue weighted by atomic mass is 10.00. The summed E-state index contributed by atoms with van der Waals surface area (Å²) < 4.78 is 11.0. The first-order valence-electron chi connectivity index (χ1n) is 12.2. The van der Waals surface area contributed by atoms with Crippen LogP contribution >= 0.6 is 15.9 Å². The molecule has 0 bridgehead atoms. The number of carboxylic acid groups (broad SMARTS) is 1. The van der Waals surface area contributed by atoms with Crippen LogP contribution in [0, 0.1) is 5.92 Å². The first-order chi connectivity index (χ1) is 16.8. The average molecular weight is 552 g/mol. The highest BCUT2D eigenvalue weighted by Gasteiger charge is 2.26. The van der Waals surface area contributed by atoms with Crippen LogP contribution < -0.4 is 0 Å². The number of carbonyl (C=O) groups is 4. The smallest absolute Gasteiger partial charge is 0.355 e. The summed E-state index contributed by atoms with van der Waals surface area (Å²) in [7, 11) is 0. The van der Waals surface area contributed by atoms with E-state index in [1.807, 2.05) is 18.2 Å². The van der Waals surface area contributed by atoms with Crippen LogP contribution in [0.2, 0.25) is 0 Å².